The minimum atomic E-state index is -0.619. The van der Waals surface area contributed by atoms with Crippen LogP contribution in [0.5, 0.6) is 0 Å². The summed E-state index contributed by atoms with van der Waals surface area (Å²) in [6.07, 6.45) is 0. The number of hydrogen-bond acceptors (Lipinski definition) is 1. The van der Waals surface area contributed by atoms with Crippen molar-refractivity contribution in [2.24, 2.45) is 0 Å². The Bertz CT molecular complexity index is 4410. The minimum absolute atomic E-state index is 0.117. The molecule has 13 aromatic carbocycles. The number of benzene rings is 13. The lowest BCUT2D eigenvalue weighted by atomic mass is 9.67. The first-order valence-electron chi connectivity index (χ1n) is 28.9. The first kappa shape index (κ1) is 48.4. The molecular weight excluding hydrogens is 1000 g/mol. The summed E-state index contributed by atoms with van der Waals surface area (Å²) >= 11 is 0. The van der Waals surface area contributed by atoms with E-state index in [0.717, 1.165) is 33.8 Å². The molecule has 390 valence electrons. The van der Waals surface area contributed by atoms with Crippen molar-refractivity contribution in [2.75, 3.05) is 4.90 Å². The molecule has 2 aliphatic carbocycles. The molecule has 1 heterocycles. The average molecular weight is 1060 g/mol. The third-order valence-electron chi connectivity index (χ3n) is 18.0. The highest BCUT2D eigenvalue weighted by molar-refractivity contribution is 6.13. The van der Waals surface area contributed by atoms with Crippen LogP contribution in [-0.4, -0.2) is 4.57 Å². The fraction of sp³-hybridized carbons (Fsp3) is 0.0370. The number of hydrogen-bond donors (Lipinski definition) is 0. The summed E-state index contributed by atoms with van der Waals surface area (Å²) in [5.41, 5.74) is 24.1. The first-order valence-corrected chi connectivity index (χ1v) is 28.9. The van der Waals surface area contributed by atoms with E-state index in [1.54, 1.807) is 0 Å². The Morgan fingerprint density at radius 3 is 1.11 bits per heavy atom. The molecule has 0 bridgehead atoms. The van der Waals surface area contributed by atoms with Crippen molar-refractivity contribution < 1.29 is 0 Å². The molecule has 0 fully saturated rings. The van der Waals surface area contributed by atoms with Gasteiger partial charge in [0.1, 0.15) is 0 Å². The van der Waals surface area contributed by atoms with Gasteiger partial charge in [-0.1, -0.05) is 279 Å². The number of nitrogens with zero attached hydrogens (tertiary/aromatic N) is 2. The van der Waals surface area contributed by atoms with Gasteiger partial charge in [-0.05, 0) is 138 Å². The summed E-state index contributed by atoms with van der Waals surface area (Å²) < 4.78 is 2.49. The van der Waals surface area contributed by atoms with Gasteiger partial charge in [-0.15, -0.1) is 0 Å². The molecule has 0 unspecified atom stereocenters. The second kappa shape index (κ2) is 19.6. The van der Waals surface area contributed by atoms with Crippen molar-refractivity contribution in [3.63, 3.8) is 0 Å². The Labute approximate surface area is 485 Å². The van der Waals surface area contributed by atoms with Crippen molar-refractivity contribution in [3.05, 3.63) is 395 Å². The van der Waals surface area contributed by atoms with Crippen molar-refractivity contribution in [1.29, 1.82) is 0 Å². The van der Waals surface area contributed by atoms with E-state index in [0.29, 0.717) is 0 Å². The van der Waals surface area contributed by atoms with Crippen molar-refractivity contribution in [1.82, 2.24) is 4.57 Å². The lowest BCUT2D eigenvalue weighted by molar-refractivity contribution is 0.767. The smallest absolute Gasteiger partial charge is 0.0714 e. The van der Waals surface area contributed by atoms with Gasteiger partial charge in [0.2, 0.25) is 0 Å². The van der Waals surface area contributed by atoms with Gasteiger partial charge >= 0.3 is 0 Å². The van der Waals surface area contributed by atoms with E-state index in [2.05, 4.69) is 343 Å². The number of anilines is 3. The van der Waals surface area contributed by atoms with Gasteiger partial charge in [0.05, 0.1) is 21.9 Å². The summed E-state index contributed by atoms with van der Waals surface area (Å²) in [5.74, 6) is -0.117. The summed E-state index contributed by atoms with van der Waals surface area (Å²) in [5, 5.41) is 2.45. The average Bonchev–Trinajstić information content (AvgIpc) is 1.93. The summed E-state index contributed by atoms with van der Waals surface area (Å²) in [7, 11) is 0. The van der Waals surface area contributed by atoms with Gasteiger partial charge in [0.25, 0.3) is 0 Å². The van der Waals surface area contributed by atoms with Gasteiger partial charge in [0, 0.05) is 39.4 Å². The van der Waals surface area contributed by atoms with Gasteiger partial charge < -0.3 is 9.47 Å². The molecular formula is C81H56N2. The Morgan fingerprint density at radius 1 is 0.277 bits per heavy atom. The third kappa shape index (κ3) is 7.36. The van der Waals surface area contributed by atoms with E-state index in [4.69, 9.17) is 0 Å². The highest BCUT2D eigenvalue weighted by Gasteiger charge is 2.48. The van der Waals surface area contributed by atoms with Crippen LogP contribution in [-0.2, 0) is 10.8 Å². The number of aromatic nitrogens is 1. The predicted octanol–water partition coefficient (Wildman–Crippen LogP) is 20.2. The predicted molar refractivity (Wildman–Crippen MR) is 344 cm³/mol. The number of para-hydroxylation sites is 2. The van der Waals surface area contributed by atoms with Crippen LogP contribution in [0.1, 0.15) is 67.1 Å². The Morgan fingerprint density at radius 2 is 0.651 bits per heavy atom. The molecule has 0 atom stereocenters. The van der Waals surface area contributed by atoms with Crippen LogP contribution < -0.4 is 4.90 Å². The molecule has 2 nitrogen and oxygen atoms in total. The van der Waals surface area contributed by atoms with Gasteiger partial charge in [-0.3, -0.25) is 0 Å². The fourth-order valence-corrected chi connectivity index (χ4v) is 14.8. The minimum Gasteiger partial charge on any atom is -0.310 e. The van der Waals surface area contributed by atoms with Crippen LogP contribution in [0, 0.1) is 0 Å². The molecule has 2 heteroatoms. The number of fused-ring (bicyclic) bond motifs is 9. The maximum absolute atomic E-state index is 2.58. The summed E-state index contributed by atoms with van der Waals surface area (Å²) in [4.78, 5) is 2.58. The molecule has 0 N–H and O–H groups in total. The van der Waals surface area contributed by atoms with Crippen LogP contribution in [0.25, 0.3) is 49.7 Å². The molecule has 14 aromatic rings. The summed E-state index contributed by atoms with van der Waals surface area (Å²) in [6, 6.07) is 125. The van der Waals surface area contributed by atoms with Crippen LogP contribution in [0.2, 0.25) is 0 Å². The van der Waals surface area contributed by atoms with Crippen LogP contribution >= 0.6 is 0 Å². The molecule has 2 aliphatic rings. The molecule has 0 saturated heterocycles. The van der Waals surface area contributed by atoms with E-state index in [9.17, 15) is 0 Å². The zero-order valence-corrected chi connectivity index (χ0v) is 45.7. The molecule has 0 spiro atoms. The third-order valence-corrected chi connectivity index (χ3v) is 18.0. The molecule has 16 rings (SSSR count). The molecule has 0 aliphatic heterocycles. The lowest BCUT2D eigenvalue weighted by Gasteiger charge is -2.36. The van der Waals surface area contributed by atoms with E-state index >= 15 is 0 Å². The monoisotopic (exact) mass is 1060 g/mol. The van der Waals surface area contributed by atoms with E-state index in [1.165, 1.54) is 94.2 Å². The zero-order valence-electron chi connectivity index (χ0n) is 45.7. The Balaban J connectivity index is 1.05. The van der Waals surface area contributed by atoms with E-state index < -0.39 is 10.8 Å². The van der Waals surface area contributed by atoms with E-state index in [1.807, 2.05) is 0 Å². The highest BCUT2D eigenvalue weighted by atomic mass is 15.1. The van der Waals surface area contributed by atoms with Crippen LogP contribution in [0.4, 0.5) is 17.1 Å². The van der Waals surface area contributed by atoms with Crippen molar-refractivity contribution in [2.45, 2.75) is 16.7 Å². The van der Waals surface area contributed by atoms with Crippen molar-refractivity contribution >= 4 is 38.9 Å². The SMILES string of the molecule is c1ccc(C(c2ccccc2)c2cc(N(c3ccc4c(c3)C(c3ccccc3)(c3ccccc3)c3ccccc3-4)c3ccc4c(c3)C(c3ccccc3)(c3ccccc3)c3ccccc3-4)cc3c2c2ccccc2n3-c2ccccc2)cc1. The standard InChI is InChI=1S/C81H56N2/c1-8-28-56(29-9-1)78(57-30-10-2-11-31-57)71-52-65(55-77-79(71)70-44-24-27-47-76(70)83(77)62-40-20-7-21-41-62)82(63-48-50-68-66-42-22-25-45-72(66)80(74(68)53-63,58-32-12-3-13-33-58)59-34-14-4-15-35-59)64-49-51-69-67-43-23-26-46-73(67)81(75(69)54-64,60-36-16-5-17-37-60)61-38-18-6-19-39-61/h1-55,78H. The topological polar surface area (TPSA) is 8.17 Å². The van der Waals surface area contributed by atoms with Gasteiger partial charge in [-0.25, -0.2) is 0 Å². The first-order chi connectivity index (χ1) is 41.2. The maximum Gasteiger partial charge on any atom is 0.0714 e. The normalized spacial score (nSPS) is 13.4. The molecule has 0 radical (unpaired) electrons. The second-order valence-electron chi connectivity index (χ2n) is 22.2. The molecule has 1 aromatic heterocycles. The maximum atomic E-state index is 2.58. The lowest BCUT2D eigenvalue weighted by Crippen LogP contribution is -2.29. The van der Waals surface area contributed by atoms with E-state index in [-0.39, 0.29) is 5.92 Å². The number of rotatable bonds is 11. The molecule has 0 amide bonds. The summed E-state index contributed by atoms with van der Waals surface area (Å²) in [6.45, 7) is 0. The van der Waals surface area contributed by atoms with Gasteiger partial charge in [0.15, 0.2) is 0 Å². The fourth-order valence-electron chi connectivity index (χ4n) is 14.8. The Hall–Kier alpha value is -10.5. The largest absolute Gasteiger partial charge is 0.310 e. The molecule has 83 heavy (non-hydrogen) atoms. The quantitative estimate of drug-likeness (QED) is 0.117. The Kier molecular flexibility index (Phi) is 11.4. The van der Waals surface area contributed by atoms with Gasteiger partial charge in [-0.2, -0.15) is 0 Å². The van der Waals surface area contributed by atoms with Crippen LogP contribution in [0.3, 0.4) is 0 Å². The zero-order chi connectivity index (χ0) is 54.9. The molecule has 0 saturated carbocycles. The highest BCUT2D eigenvalue weighted by Crippen LogP contribution is 2.60. The van der Waals surface area contributed by atoms with Crippen molar-refractivity contribution in [3.8, 4) is 27.9 Å². The second-order valence-corrected chi connectivity index (χ2v) is 22.2. The van der Waals surface area contributed by atoms with Crippen LogP contribution in [0.15, 0.2) is 334 Å².